The maximum absolute atomic E-state index is 12.1. The molecular formula is C25H33NO7S. The third kappa shape index (κ3) is 7.44. The average molecular weight is 492 g/mol. The van der Waals surface area contributed by atoms with Crippen LogP contribution in [-0.2, 0) is 16.4 Å². The second-order valence-electron chi connectivity index (χ2n) is 8.47. The summed E-state index contributed by atoms with van der Waals surface area (Å²) in [7, 11) is -1.60. The van der Waals surface area contributed by atoms with Crippen molar-refractivity contribution >= 4 is 16.1 Å². The second kappa shape index (κ2) is 12.2. The van der Waals surface area contributed by atoms with Crippen LogP contribution in [0.1, 0.15) is 35.7 Å². The van der Waals surface area contributed by atoms with Gasteiger partial charge < -0.3 is 19.3 Å². The number of hydrogen-bond donors (Lipinski definition) is 1. The highest BCUT2D eigenvalue weighted by atomic mass is 32.2. The highest BCUT2D eigenvalue weighted by Crippen LogP contribution is 2.28. The zero-order valence-electron chi connectivity index (χ0n) is 19.7. The number of rotatable bonds is 13. The number of carbonyl (C=O) groups is 1. The fraction of sp³-hybridized carbons (Fsp3) is 0.480. The van der Waals surface area contributed by atoms with Crippen LogP contribution < -0.4 is 14.2 Å². The number of nitrogens with zero attached hydrogens (tertiary/aromatic N) is 1. The first-order chi connectivity index (χ1) is 16.3. The number of aliphatic hydroxyl groups excluding tert-OH is 1. The molecule has 1 N–H and O–H groups in total. The average Bonchev–Trinajstić information content (AvgIpc) is 3.21. The van der Waals surface area contributed by atoms with Gasteiger partial charge in [0.1, 0.15) is 24.7 Å². The molecule has 34 heavy (non-hydrogen) atoms. The zero-order chi connectivity index (χ0) is 24.6. The van der Waals surface area contributed by atoms with Gasteiger partial charge in [-0.3, -0.25) is 9.69 Å². The molecule has 1 fully saturated rings. The van der Waals surface area contributed by atoms with Crippen LogP contribution >= 0.6 is 0 Å². The van der Waals surface area contributed by atoms with Gasteiger partial charge in [-0.05, 0) is 48.7 Å². The highest BCUT2D eigenvalue weighted by Gasteiger charge is 2.33. The summed E-state index contributed by atoms with van der Waals surface area (Å²) in [4.78, 5) is 13.0. The van der Waals surface area contributed by atoms with Gasteiger partial charge in [0, 0.05) is 24.7 Å². The summed E-state index contributed by atoms with van der Waals surface area (Å²) in [5.74, 6) is 1.86. The van der Waals surface area contributed by atoms with Crippen LogP contribution in [0.5, 0.6) is 17.2 Å². The van der Waals surface area contributed by atoms with Crippen LogP contribution in [0.15, 0.2) is 42.5 Å². The van der Waals surface area contributed by atoms with E-state index >= 15 is 0 Å². The van der Waals surface area contributed by atoms with Crippen molar-refractivity contribution in [2.75, 3.05) is 38.4 Å². The molecule has 1 aliphatic rings. The molecule has 8 nitrogen and oxygen atoms in total. The van der Waals surface area contributed by atoms with Gasteiger partial charge in [-0.2, -0.15) is 0 Å². The van der Waals surface area contributed by atoms with E-state index in [0.717, 1.165) is 24.0 Å². The first-order valence-electron chi connectivity index (χ1n) is 11.4. The number of aldehydes is 1. The van der Waals surface area contributed by atoms with Crippen molar-refractivity contribution in [1.29, 1.82) is 0 Å². The van der Waals surface area contributed by atoms with Crippen LogP contribution in [0, 0.1) is 0 Å². The molecule has 1 heterocycles. The lowest BCUT2D eigenvalue weighted by atomic mass is 10.1. The van der Waals surface area contributed by atoms with Crippen molar-refractivity contribution < 1.29 is 32.5 Å². The third-order valence-electron chi connectivity index (χ3n) is 5.71. The molecule has 2 aromatic rings. The van der Waals surface area contributed by atoms with Crippen LogP contribution in [0.2, 0.25) is 0 Å². The molecule has 0 radical (unpaired) electrons. The predicted octanol–water partition coefficient (Wildman–Crippen LogP) is 2.73. The SMILES string of the molecule is CCCOc1ccc(CN(CC(O)COc2ccc(C=O)cc2OC)C2CCS(=O)(=O)C2)cc1. The van der Waals surface area contributed by atoms with Crippen LogP contribution in [0.25, 0.3) is 0 Å². The van der Waals surface area contributed by atoms with Crippen LogP contribution in [0.4, 0.5) is 0 Å². The van der Waals surface area contributed by atoms with Crippen LogP contribution in [-0.4, -0.2) is 75.2 Å². The molecule has 0 aromatic heterocycles. The van der Waals surface area contributed by atoms with Crippen molar-refractivity contribution in [3.8, 4) is 17.2 Å². The van der Waals surface area contributed by atoms with E-state index < -0.39 is 15.9 Å². The summed E-state index contributed by atoms with van der Waals surface area (Å²) < 4.78 is 40.8. The Kier molecular flexibility index (Phi) is 9.32. The minimum absolute atomic E-state index is 0.00341. The molecule has 0 aliphatic carbocycles. The standard InChI is InChI=1S/C25H33NO7S/c1-3-11-32-23-7-4-19(5-8-23)14-26(21-10-12-34(29,30)18-21)15-22(28)17-33-24-9-6-20(16-27)13-25(24)31-2/h4-9,13,16,21-22,28H,3,10-12,14-15,17-18H2,1-2H3. The van der Waals surface area contributed by atoms with E-state index in [1.165, 1.54) is 7.11 Å². The smallest absolute Gasteiger partial charge is 0.161 e. The van der Waals surface area contributed by atoms with Gasteiger partial charge in [-0.25, -0.2) is 8.42 Å². The lowest BCUT2D eigenvalue weighted by molar-refractivity contribution is 0.0517. The second-order valence-corrected chi connectivity index (χ2v) is 10.7. The van der Waals surface area contributed by atoms with E-state index in [-0.39, 0.29) is 30.7 Å². The Morgan fingerprint density at radius 3 is 2.53 bits per heavy atom. The monoisotopic (exact) mass is 491 g/mol. The molecule has 1 aliphatic heterocycles. The Labute approximate surface area is 201 Å². The van der Waals surface area contributed by atoms with E-state index in [2.05, 4.69) is 0 Å². The van der Waals surface area contributed by atoms with E-state index in [4.69, 9.17) is 14.2 Å². The highest BCUT2D eigenvalue weighted by molar-refractivity contribution is 7.91. The molecule has 0 saturated carbocycles. The fourth-order valence-corrected chi connectivity index (χ4v) is 5.70. The third-order valence-corrected chi connectivity index (χ3v) is 7.46. The Morgan fingerprint density at radius 2 is 1.91 bits per heavy atom. The van der Waals surface area contributed by atoms with Gasteiger partial charge in [0.25, 0.3) is 0 Å². The minimum Gasteiger partial charge on any atom is -0.494 e. The predicted molar refractivity (Wildman–Crippen MR) is 130 cm³/mol. The molecule has 3 rings (SSSR count). The fourth-order valence-electron chi connectivity index (χ4n) is 3.94. The maximum Gasteiger partial charge on any atom is 0.161 e. The molecule has 0 amide bonds. The van der Waals surface area contributed by atoms with Gasteiger partial charge in [0.15, 0.2) is 21.3 Å². The van der Waals surface area contributed by atoms with Gasteiger partial charge in [0.2, 0.25) is 0 Å². The lowest BCUT2D eigenvalue weighted by Gasteiger charge is -2.30. The largest absolute Gasteiger partial charge is 0.494 e. The molecule has 1 saturated heterocycles. The molecule has 0 bridgehead atoms. The van der Waals surface area contributed by atoms with E-state index in [0.29, 0.717) is 36.6 Å². The first kappa shape index (κ1) is 26.0. The normalized spacial score (nSPS) is 17.9. The number of benzene rings is 2. The van der Waals surface area contributed by atoms with Crippen molar-refractivity contribution in [1.82, 2.24) is 4.90 Å². The number of ether oxygens (including phenoxy) is 3. The molecule has 9 heteroatoms. The number of methoxy groups -OCH3 is 1. The zero-order valence-corrected chi connectivity index (χ0v) is 20.5. The summed E-state index contributed by atoms with van der Waals surface area (Å²) in [6.45, 7) is 3.45. The Bertz CT molecular complexity index is 1040. The van der Waals surface area contributed by atoms with E-state index in [9.17, 15) is 18.3 Å². The van der Waals surface area contributed by atoms with E-state index in [1.807, 2.05) is 36.1 Å². The minimum atomic E-state index is -3.08. The van der Waals surface area contributed by atoms with Crippen molar-refractivity contribution in [2.45, 2.75) is 38.5 Å². The topological polar surface area (TPSA) is 102 Å². The molecular weight excluding hydrogens is 458 g/mol. The lowest BCUT2D eigenvalue weighted by Crippen LogP contribution is -2.42. The van der Waals surface area contributed by atoms with Gasteiger partial charge >= 0.3 is 0 Å². The first-order valence-corrected chi connectivity index (χ1v) is 13.3. The number of aliphatic hydroxyl groups is 1. The summed E-state index contributed by atoms with van der Waals surface area (Å²) in [6, 6.07) is 12.4. The summed E-state index contributed by atoms with van der Waals surface area (Å²) in [5.41, 5.74) is 1.47. The van der Waals surface area contributed by atoms with Gasteiger partial charge in [-0.15, -0.1) is 0 Å². The Balaban J connectivity index is 1.66. The molecule has 186 valence electrons. The van der Waals surface area contributed by atoms with E-state index in [1.54, 1.807) is 18.2 Å². The van der Waals surface area contributed by atoms with Crippen molar-refractivity contribution in [3.63, 3.8) is 0 Å². The summed E-state index contributed by atoms with van der Waals surface area (Å²) in [6.07, 6.45) is 1.33. The number of hydrogen-bond acceptors (Lipinski definition) is 8. The summed E-state index contributed by atoms with van der Waals surface area (Å²) >= 11 is 0. The van der Waals surface area contributed by atoms with Gasteiger partial charge in [0.05, 0.1) is 25.2 Å². The Hall–Kier alpha value is -2.62. The molecule has 0 spiro atoms. The van der Waals surface area contributed by atoms with Crippen molar-refractivity contribution in [2.24, 2.45) is 0 Å². The van der Waals surface area contributed by atoms with Crippen LogP contribution in [0.3, 0.4) is 0 Å². The molecule has 2 aromatic carbocycles. The number of carbonyl (C=O) groups excluding carboxylic acids is 1. The quantitative estimate of drug-likeness (QED) is 0.427. The Morgan fingerprint density at radius 1 is 1.15 bits per heavy atom. The molecule has 2 atom stereocenters. The van der Waals surface area contributed by atoms with Gasteiger partial charge in [-0.1, -0.05) is 19.1 Å². The number of sulfone groups is 1. The molecule has 2 unspecified atom stereocenters. The summed E-state index contributed by atoms with van der Waals surface area (Å²) in [5, 5.41) is 10.7. The maximum atomic E-state index is 12.1. The van der Waals surface area contributed by atoms with Crippen molar-refractivity contribution in [3.05, 3.63) is 53.6 Å².